The van der Waals surface area contributed by atoms with E-state index in [-0.39, 0.29) is 17.6 Å². The van der Waals surface area contributed by atoms with E-state index in [2.05, 4.69) is 21.2 Å². The van der Waals surface area contributed by atoms with E-state index in [1.54, 1.807) is 17.0 Å². The van der Waals surface area contributed by atoms with Gasteiger partial charge in [0.15, 0.2) is 0 Å². The van der Waals surface area contributed by atoms with Crippen LogP contribution < -0.4 is 5.32 Å². The number of hydrogen-bond acceptors (Lipinski definition) is 3. The van der Waals surface area contributed by atoms with E-state index in [0.29, 0.717) is 35.3 Å². The topological polar surface area (TPSA) is 49.4 Å². The first-order valence-electron chi connectivity index (χ1n) is 11.2. The lowest BCUT2D eigenvalue weighted by Gasteiger charge is -2.31. The molecular formula is C27H27BrCl2N2O2S. The highest BCUT2D eigenvalue weighted by Gasteiger charge is 2.30. The Morgan fingerprint density at radius 1 is 1.00 bits per heavy atom. The summed E-state index contributed by atoms with van der Waals surface area (Å²) in [6, 6.07) is 22.3. The molecule has 0 aliphatic rings. The molecule has 0 aromatic heterocycles. The maximum absolute atomic E-state index is 13.6. The molecule has 35 heavy (non-hydrogen) atoms. The molecule has 0 fully saturated rings. The van der Waals surface area contributed by atoms with E-state index in [1.165, 1.54) is 11.8 Å². The van der Waals surface area contributed by atoms with Gasteiger partial charge >= 0.3 is 0 Å². The lowest BCUT2D eigenvalue weighted by Crippen LogP contribution is -2.51. The monoisotopic (exact) mass is 592 g/mol. The van der Waals surface area contributed by atoms with E-state index in [9.17, 15) is 9.59 Å². The molecule has 184 valence electrons. The third-order valence-electron chi connectivity index (χ3n) is 5.36. The van der Waals surface area contributed by atoms with Crippen molar-refractivity contribution in [3.8, 4) is 0 Å². The highest BCUT2D eigenvalue weighted by Crippen LogP contribution is 2.25. The molecule has 3 rings (SSSR count). The van der Waals surface area contributed by atoms with Gasteiger partial charge in [-0.05, 0) is 47.9 Å². The predicted molar refractivity (Wildman–Crippen MR) is 150 cm³/mol. The van der Waals surface area contributed by atoms with Crippen LogP contribution in [0.1, 0.15) is 23.6 Å². The lowest BCUT2D eigenvalue weighted by molar-refractivity contribution is -0.139. The molecule has 3 aromatic carbocycles. The number of hydrogen-bond donors (Lipinski definition) is 1. The smallest absolute Gasteiger partial charge is 0.243 e. The molecule has 0 unspecified atom stereocenters. The minimum absolute atomic E-state index is 0.104. The third kappa shape index (κ3) is 8.57. The van der Waals surface area contributed by atoms with Gasteiger partial charge in [0.05, 0.1) is 5.75 Å². The van der Waals surface area contributed by atoms with Crippen LogP contribution in [0.25, 0.3) is 0 Å². The summed E-state index contributed by atoms with van der Waals surface area (Å²) in [4.78, 5) is 28.4. The second kappa shape index (κ2) is 13.9. The van der Waals surface area contributed by atoms with Crippen LogP contribution in [0.5, 0.6) is 0 Å². The Bertz CT molecular complexity index is 1150. The van der Waals surface area contributed by atoms with Crippen LogP contribution in [0.4, 0.5) is 0 Å². The molecule has 0 saturated heterocycles. The quantitative estimate of drug-likeness (QED) is 0.267. The van der Waals surface area contributed by atoms with E-state index < -0.39 is 6.04 Å². The fraction of sp³-hybridized carbons (Fsp3) is 0.259. The number of thioether (sulfide) groups is 1. The van der Waals surface area contributed by atoms with Crippen LogP contribution in [-0.4, -0.2) is 35.1 Å². The van der Waals surface area contributed by atoms with Crippen molar-refractivity contribution >= 4 is 62.7 Å². The Hall–Kier alpha value is -1.99. The lowest BCUT2D eigenvalue weighted by atomic mass is 10.0. The summed E-state index contributed by atoms with van der Waals surface area (Å²) in [6.07, 6.45) is 0.431. The molecule has 0 heterocycles. The molecule has 2 amide bonds. The van der Waals surface area contributed by atoms with Crippen LogP contribution in [0.3, 0.4) is 0 Å². The standard InChI is InChI=1S/C27H27BrCl2N2O2S/c1-2-31-27(34)25(14-19-7-4-3-5-8-19)32(16-20-9-6-10-22(28)13-20)26(33)18-35-17-21-11-12-23(29)15-24(21)30/h3-13,15,25H,2,14,16-18H2,1H3,(H,31,34)/t25-/m1/s1. The van der Waals surface area contributed by atoms with Crippen LogP contribution in [-0.2, 0) is 28.3 Å². The van der Waals surface area contributed by atoms with Gasteiger partial charge in [0.25, 0.3) is 0 Å². The number of amides is 2. The van der Waals surface area contributed by atoms with Crippen LogP contribution >= 0.6 is 50.9 Å². The first kappa shape index (κ1) is 27.6. The Balaban J connectivity index is 1.83. The first-order chi connectivity index (χ1) is 16.9. The van der Waals surface area contributed by atoms with E-state index in [0.717, 1.165) is 21.2 Å². The summed E-state index contributed by atoms with van der Waals surface area (Å²) in [7, 11) is 0. The van der Waals surface area contributed by atoms with Crippen LogP contribution in [0, 0.1) is 0 Å². The molecule has 0 aliphatic carbocycles. The van der Waals surface area contributed by atoms with Crippen molar-refractivity contribution in [3.05, 3.63) is 104 Å². The minimum atomic E-state index is -0.636. The zero-order chi connectivity index (χ0) is 25.2. The Kier molecular flexibility index (Phi) is 11.0. The van der Waals surface area contributed by atoms with Gasteiger partial charge in [-0.25, -0.2) is 0 Å². The van der Waals surface area contributed by atoms with Gasteiger partial charge in [0.2, 0.25) is 11.8 Å². The summed E-state index contributed by atoms with van der Waals surface area (Å²) < 4.78 is 0.923. The zero-order valence-corrected chi connectivity index (χ0v) is 23.3. The van der Waals surface area contributed by atoms with Crippen LogP contribution in [0.15, 0.2) is 77.3 Å². The third-order valence-corrected chi connectivity index (χ3v) is 7.41. The van der Waals surface area contributed by atoms with Gasteiger partial charge < -0.3 is 10.2 Å². The van der Waals surface area contributed by atoms with Crippen molar-refractivity contribution in [2.45, 2.75) is 31.7 Å². The molecule has 4 nitrogen and oxygen atoms in total. The van der Waals surface area contributed by atoms with Gasteiger partial charge in [0.1, 0.15) is 6.04 Å². The van der Waals surface area contributed by atoms with Crippen molar-refractivity contribution in [2.75, 3.05) is 12.3 Å². The number of nitrogens with zero attached hydrogens (tertiary/aromatic N) is 1. The molecule has 0 saturated carbocycles. The van der Waals surface area contributed by atoms with Crippen molar-refractivity contribution in [1.29, 1.82) is 0 Å². The van der Waals surface area contributed by atoms with Gasteiger partial charge in [-0.3, -0.25) is 9.59 Å². The Morgan fingerprint density at radius 2 is 1.74 bits per heavy atom. The van der Waals surface area contributed by atoms with Gasteiger partial charge in [-0.15, -0.1) is 11.8 Å². The average molecular weight is 594 g/mol. The van der Waals surface area contributed by atoms with E-state index in [1.807, 2.05) is 67.6 Å². The molecule has 8 heteroatoms. The number of carbonyl (C=O) groups excluding carboxylic acids is 2. The number of likely N-dealkylation sites (N-methyl/N-ethyl adjacent to an activating group) is 1. The summed E-state index contributed by atoms with van der Waals surface area (Å²) in [5, 5.41) is 4.07. The maximum Gasteiger partial charge on any atom is 0.243 e. The number of benzene rings is 3. The second-order valence-electron chi connectivity index (χ2n) is 7.98. The molecule has 3 aromatic rings. The maximum atomic E-state index is 13.6. The van der Waals surface area contributed by atoms with Gasteiger partial charge in [0, 0.05) is 39.8 Å². The second-order valence-corrected chi connectivity index (χ2v) is 10.7. The Morgan fingerprint density at radius 3 is 2.43 bits per heavy atom. The summed E-state index contributed by atoms with van der Waals surface area (Å²) in [6.45, 7) is 2.70. The fourth-order valence-electron chi connectivity index (χ4n) is 3.65. The summed E-state index contributed by atoms with van der Waals surface area (Å²) >= 11 is 17.3. The molecular weight excluding hydrogens is 567 g/mol. The Labute approximate surface area is 229 Å². The average Bonchev–Trinajstić information content (AvgIpc) is 2.83. The summed E-state index contributed by atoms with van der Waals surface area (Å²) in [5.41, 5.74) is 2.86. The number of rotatable bonds is 11. The van der Waals surface area contributed by atoms with Crippen molar-refractivity contribution < 1.29 is 9.59 Å². The highest BCUT2D eigenvalue weighted by molar-refractivity contribution is 9.10. The molecule has 0 spiro atoms. The normalized spacial score (nSPS) is 11.7. The molecule has 0 radical (unpaired) electrons. The number of carbonyl (C=O) groups is 2. The fourth-order valence-corrected chi connectivity index (χ4v) is 5.56. The zero-order valence-electron chi connectivity index (χ0n) is 19.3. The van der Waals surface area contributed by atoms with Crippen molar-refractivity contribution in [1.82, 2.24) is 10.2 Å². The van der Waals surface area contributed by atoms with E-state index >= 15 is 0 Å². The summed E-state index contributed by atoms with van der Waals surface area (Å²) in [5.74, 6) is 0.520. The van der Waals surface area contributed by atoms with Crippen molar-refractivity contribution in [3.63, 3.8) is 0 Å². The predicted octanol–water partition coefficient (Wildman–Crippen LogP) is 6.77. The highest BCUT2D eigenvalue weighted by atomic mass is 79.9. The number of nitrogens with one attached hydrogen (secondary N) is 1. The molecule has 1 atom stereocenters. The molecule has 0 aliphatic heterocycles. The minimum Gasteiger partial charge on any atom is -0.355 e. The first-order valence-corrected chi connectivity index (χ1v) is 13.9. The van der Waals surface area contributed by atoms with Crippen molar-refractivity contribution in [2.24, 2.45) is 0 Å². The van der Waals surface area contributed by atoms with Gasteiger partial charge in [-0.2, -0.15) is 0 Å². The number of halogens is 3. The largest absolute Gasteiger partial charge is 0.355 e. The van der Waals surface area contributed by atoms with E-state index in [4.69, 9.17) is 23.2 Å². The molecule has 0 bridgehead atoms. The molecule has 1 N–H and O–H groups in total. The van der Waals surface area contributed by atoms with Gasteiger partial charge in [-0.1, -0.05) is 87.7 Å². The van der Waals surface area contributed by atoms with Crippen LogP contribution in [0.2, 0.25) is 10.0 Å². The SMILES string of the molecule is CCNC(=O)[C@@H](Cc1ccccc1)N(Cc1cccc(Br)c1)C(=O)CSCc1ccc(Cl)cc1Cl.